The molecular weight excluding hydrogens is 286 g/mol. The van der Waals surface area contributed by atoms with Crippen molar-refractivity contribution in [3.63, 3.8) is 0 Å². The summed E-state index contributed by atoms with van der Waals surface area (Å²) in [5, 5.41) is 17.9. The van der Waals surface area contributed by atoms with E-state index in [1.807, 2.05) is 38.2 Å². The van der Waals surface area contributed by atoms with Crippen LogP contribution in [0, 0.1) is 6.92 Å². The number of aryl methyl sites for hydroxylation is 2. The molecule has 3 aromatic rings. The normalized spacial score (nSPS) is 11.0. The molecule has 0 saturated heterocycles. The van der Waals surface area contributed by atoms with Crippen molar-refractivity contribution in [1.29, 1.82) is 0 Å². The molecule has 0 fully saturated rings. The van der Waals surface area contributed by atoms with E-state index in [2.05, 4.69) is 20.6 Å². The Morgan fingerprint density at radius 3 is 2.90 bits per heavy atom. The lowest BCUT2D eigenvalue weighted by Crippen LogP contribution is -2.26. The molecule has 0 bridgehead atoms. The SMILES string of the molecule is Cc1nnc(CCNC(=O)c2nn(C)c3ccccc23)s1. The molecule has 0 unspecified atom stereocenters. The fourth-order valence-electron chi connectivity index (χ4n) is 2.19. The van der Waals surface area contributed by atoms with Gasteiger partial charge in [0.05, 0.1) is 5.52 Å². The first-order chi connectivity index (χ1) is 10.1. The highest BCUT2D eigenvalue weighted by atomic mass is 32.1. The quantitative estimate of drug-likeness (QED) is 0.796. The number of amides is 1. The van der Waals surface area contributed by atoms with Gasteiger partial charge in [0.15, 0.2) is 5.69 Å². The van der Waals surface area contributed by atoms with Gasteiger partial charge in [-0.2, -0.15) is 5.10 Å². The Hall–Kier alpha value is -2.28. The third-order valence-electron chi connectivity index (χ3n) is 3.17. The summed E-state index contributed by atoms with van der Waals surface area (Å²) in [5.74, 6) is -0.159. The molecule has 0 radical (unpaired) electrons. The zero-order valence-corrected chi connectivity index (χ0v) is 12.6. The van der Waals surface area contributed by atoms with Crippen LogP contribution in [-0.2, 0) is 13.5 Å². The van der Waals surface area contributed by atoms with Gasteiger partial charge >= 0.3 is 0 Å². The summed E-state index contributed by atoms with van der Waals surface area (Å²) in [6, 6.07) is 7.70. The number of aromatic nitrogens is 4. The van der Waals surface area contributed by atoms with Crippen LogP contribution in [0.15, 0.2) is 24.3 Å². The van der Waals surface area contributed by atoms with Crippen LogP contribution in [0.25, 0.3) is 10.9 Å². The van der Waals surface area contributed by atoms with Crippen LogP contribution >= 0.6 is 11.3 Å². The fraction of sp³-hybridized carbons (Fsp3) is 0.286. The maximum absolute atomic E-state index is 12.2. The lowest BCUT2D eigenvalue weighted by atomic mass is 10.2. The standard InChI is InChI=1S/C14H15N5OS/c1-9-16-17-12(21-9)7-8-15-14(20)13-10-5-3-4-6-11(10)19(2)18-13/h3-6H,7-8H2,1-2H3,(H,15,20). The third-order valence-corrected chi connectivity index (χ3v) is 4.06. The molecule has 0 atom stereocenters. The number of carbonyl (C=O) groups excluding carboxylic acids is 1. The summed E-state index contributed by atoms with van der Waals surface area (Å²) in [6.07, 6.45) is 0.683. The van der Waals surface area contributed by atoms with E-state index in [1.54, 1.807) is 16.0 Å². The zero-order valence-electron chi connectivity index (χ0n) is 11.8. The number of fused-ring (bicyclic) bond motifs is 1. The summed E-state index contributed by atoms with van der Waals surface area (Å²) < 4.78 is 1.72. The van der Waals surface area contributed by atoms with Gasteiger partial charge in [-0.3, -0.25) is 9.48 Å². The van der Waals surface area contributed by atoms with Gasteiger partial charge in [-0.15, -0.1) is 21.5 Å². The molecule has 108 valence electrons. The average molecular weight is 301 g/mol. The number of rotatable bonds is 4. The van der Waals surface area contributed by atoms with Crippen molar-refractivity contribution in [1.82, 2.24) is 25.3 Å². The number of nitrogens with zero attached hydrogens (tertiary/aromatic N) is 4. The lowest BCUT2D eigenvalue weighted by Gasteiger charge is -2.01. The van der Waals surface area contributed by atoms with E-state index in [4.69, 9.17) is 0 Å². The summed E-state index contributed by atoms with van der Waals surface area (Å²) in [5.41, 5.74) is 1.41. The number of hydrogen-bond donors (Lipinski definition) is 1. The Morgan fingerprint density at radius 2 is 2.14 bits per heavy atom. The van der Waals surface area contributed by atoms with Gasteiger partial charge in [0.2, 0.25) is 0 Å². The predicted octanol–water partition coefficient (Wildman–Crippen LogP) is 1.71. The molecule has 0 aliphatic rings. The maximum Gasteiger partial charge on any atom is 0.272 e. The Labute approximate surface area is 125 Å². The second-order valence-electron chi connectivity index (χ2n) is 4.71. The van der Waals surface area contributed by atoms with E-state index in [9.17, 15) is 4.79 Å². The average Bonchev–Trinajstić information content (AvgIpc) is 3.04. The second kappa shape index (κ2) is 5.61. The molecule has 1 aromatic carbocycles. The minimum absolute atomic E-state index is 0.159. The first kappa shape index (κ1) is 13.7. The van der Waals surface area contributed by atoms with E-state index in [-0.39, 0.29) is 5.91 Å². The van der Waals surface area contributed by atoms with Crippen molar-refractivity contribution in [2.75, 3.05) is 6.54 Å². The molecule has 0 aliphatic heterocycles. The van der Waals surface area contributed by atoms with Crippen LogP contribution in [0.1, 0.15) is 20.5 Å². The van der Waals surface area contributed by atoms with Gasteiger partial charge in [0.25, 0.3) is 5.91 Å². The molecule has 0 saturated carbocycles. The van der Waals surface area contributed by atoms with Crippen molar-refractivity contribution in [2.45, 2.75) is 13.3 Å². The van der Waals surface area contributed by atoms with Crippen LogP contribution < -0.4 is 5.32 Å². The van der Waals surface area contributed by atoms with Crippen LogP contribution in [0.3, 0.4) is 0 Å². The first-order valence-electron chi connectivity index (χ1n) is 6.64. The molecular formula is C14H15N5OS. The van der Waals surface area contributed by atoms with E-state index >= 15 is 0 Å². The summed E-state index contributed by atoms with van der Waals surface area (Å²) >= 11 is 1.55. The van der Waals surface area contributed by atoms with Gasteiger partial charge in [0.1, 0.15) is 10.0 Å². The Kier molecular flexibility index (Phi) is 3.66. The molecule has 21 heavy (non-hydrogen) atoms. The highest BCUT2D eigenvalue weighted by Crippen LogP contribution is 2.17. The first-order valence-corrected chi connectivity index (χ1v) is 7.45. The van der Waals surface area contributed by atoms with Crippen LogP contribution in [0.2, 0.25) is 0 Å². The maximum atomic E-state index is 12.2. The lowest BCUT2D eigenvalue weighted by molar-refractivity contribution is 0.0950. The minimum atomic E-state index is -0.159. The Balaban J connectivity index is 1.69. The van der Waals surface area contributed by atoms with Gasteiger partial charge < -0.3 is 5.32 Å². The van der Waals surface area contributed by atoms with Crippen molar-refractivity contribution in [3.05, 3.63) is 40.0 Å². The highest BCUT2D eigenvalue weighted by molar-refractivity contribution is 7.11. The molecule has 1 N–H and O–H groups in total. The van der Waals surface area contributed by atoms with Crippen molar-refractivity contribution in [3.8, 4) is 0 Å². The molecule has 6 nitrogen and oxygen atoms in total. The predicted molar refractivity (Wildman–Crippen MR) is 81.4 cm³/mol. The van der Waals surface area contributed by atoms with Crippen molar-refractivity contribution < 1.29 is 4.79 Å². The number of benzene rings is 1. The summed E-state index contributed by atoms with van der Waals surface area (Å²) in [7, 11) is 1.84. The van der Waals surface area contributed by atoms with Gasteiger partial charge in [-0.1, -0.05) is 18.2 Å². The fourth-order valence-corrected chi connectivity index (χ4v) is 2.90. The highest BCUT2D eigenvalue weighted by Gasteiger charge is 2.15. The zero-order chi connectivity index (χ0) is 14.8. The molecule has 0 spiro atoms. The minimum Gasteiger partial charge on any atom is -0.350 e. The number of para-hydroxylation sites is 1. The molecule has 2 aromatic heterocycles. The van der Waals surface area contributed by atoms with E-state index in [0.717, 1.165) is 20.9 Å². The second-order valence-corrected chi connectivity index (χ2v) is 5.98. The van der Waals surface area contributed by atoms with Crippen molar-refractivity contribution in [2.24, 2.45) is 7.05 Å². The van der Waals surface area contributed by atoms with E-state index < -0.39 is 0 Å². The molecule has 1 amide bonds. The van der Waals surface area contributed by atoms with Gasteiger partial charge in [-0.25, -0.2) is 0 Å². The third kappa shape index (κ3) is 2.78. The van der Waals surface area contributed by atoms with Crippen LogP contribution in [0.5, 0.6) is 0 Å². The largest absolute Gasteiger partial charge is 0.350 e. The number of carbonyl (C=O) groups is 1. The topological polar surface area (TPSA) is 72.7 Å². The number of hydrogen-bond acceptors (Lipinski definition) is 5. The smallest absolute Gasteiger partial charge is 0.272 e. The van der Waals surface area contributed by atoms with Crippen molar-refractivity contribution >= 4 is 28.1 Å². The Morgan fingerprint density at radius 1 is 1.33 bits per heavy atom. The molecule has 3 rings (SSSR count). The van der Waals surface area contributed by atoms with Gasteiger partial charge in [0, 0.05) is 25.4 Å². The molecule has 7 heteroatoms. The molecule has 2 heterocycles. The summed E-state index contributed by atoms with van der Waals surface area (Å²) in [4.78, 5) is 12.2. The van der Waals surface area contributed by atoms with E-state index in [1.165, 1.54) is 0 Å². The number of nitrogens with one attached hydrogen (secondary N) is 1. The van der Waals surface area contributed by atoms with Crippen LogP contribution in [0.4, 0.5) is 0 Å². The van der Waals surface area contributed by atoms with E-state index in [0.29, 0.717) is 18.7 Å². The molecule has 0 aliphatic carbocycles. The monoisotopic (exact) mass is 301 g/mol. The van der Waals surface area contributed by atoms with Crippen LogP contribution in [-0.4, -0.2) is 32.4 Å². The Bertz CT molecular complexity index is 792. The van der Waals surface area contributed by atoms with Gasteiger partial charge in [-0.05, 0) is 13.0 Å². The summed E-state index contributed by atoms with van der Waals surface area (Å²) in [6.45, 7) is 2.44.